The molecule has 1 N–H and O–H groups in total. The Bertz CT molecular complexity index is 677. The number of carboxylic acids is 1. The van der Waals surface area contributed by atoms with Crippen LogP contribution in [0.25, 0.3) is 11.1 Å². The van der Waals surface area contributed by atoms with Gasteiger partial charge >= 0.3 is 5.97 Å². The molecule has 1 heterocycles. The lowest BCUT2D eigenvalue weighted by atomic mass is 9.99. The Morgan fingerprint density at radius 1 is 1.15 bits per heavy atom. The first-order valence-electron chi connectivity index (χ1n) is 6.27. The average molecular weight is 269 g/mol. The van der Waals surface area contributed by atoms with E-state index in [0.29, 0.717) is 5.56 Å². The maximum Gasteiger partial charge on any atom is 0.311 e. The van der Waals surface area contributed by atoms with Gasteiger partial charge in [-0.1, -0.05) is 24.3 Å². The fraction of sp³-hybridized carbons (Fsp3) is 0.188. The number of aromatic nitrogens is 1. The number of Topliss-reactive ketones (excluding diaryl/α,β-unsaturated/α-hetero) is 1. The van der Waals surface area contributed by atoms with Crippen molar-refractivity contribution in [2.75, 3.05) is 0 Å². The fourth-order valence-corrected chi connectivity index (χ4v) is 2.09. The van der Waals surface area contributed by atoms with Gasteiger partial charge in [0.2, 0.25) is 0 Å². The van der Waals surface area contributed by atoms with E-state index in [1.165, 1.54) is 0 Å². The van der Waals surface area contributed by atoms with Crippen LogP contribution in [-0.2, 0) is 4.79 Å². The fourth-order valence-electron chi connectivity index (χ4n) is 2.09. The van der Waals surface area contributed by atoms with Crippen molar-refractivity contribution in [3.63, 3.8) is 0 Å². The number of hydrogen-bond acceptors (Lipinski definition) is 3. The molecule has 2 rings (SSSR count). The summed E-state index contributed by atoms with van der Waals surface area (Å²) < 4.78 is 0. The number of pyridine rings is 1. The number of ketones is 1. The van der Waals surface area contributed by atoms with Crippen LogP contribution in [0.2, 0.25) is 0 Å². The summed E-state index contributed by atoms with van der Waals surface area (Å²) in [6, 6.07) is 10.9. The van der Waals surface area contributed by atoms with Gasteiger partial charge in [-0.2, -0.15) is 0 Å². The Morgan fingerprint density at radius 3 is 2.55 bits per heavy atom. The number of nitrogens with zero attached hydrogens (tertiary/aromatic N) is 1. The molecule has 0 spiro atoms. The predicted molar refractivity (Wildman–Crippen MR) is 75.7 cm³/mol. The van der Waals surface area contributed by atoms with Crippen molar-refractivity contribution in [3.05, 3.63) is 53.3 Å². The van der Waals surface area contributed by atoms with E-state index in [-0.39, 0.29) is 0 Å². The molecule has 0 amide bonds. The van der Waals surface area contributed by atoms with Crippen molar-refractivity contribution < 1.29 is 14.7 Å². The standard InChI is InChI=1S/C16H15NO3/c1-10-6-7-14(11(2)17-10)12-4-3-5-13(8-12)15(18)9-16(19)20/h3-8H,9H2,1-2H3,(H,19,20). The highest BCUT2D eigenvalue weighted by atomic mass is 16.4. The third kappa shape index (κ3) is 3.09. The van der Waals surface area contributed by atoms with Gasteiger partial charge in [0.25, 0.3) is 0 Å². The first-order chi connectivity index (χ1) is 9.47. The summed E-state index contributed by atoms with van der Waals surface area (Å²) in [6.07, 6.45) is -0.491. The van der Waals surface area contributed by atoms with Gasteiger partial charge in [0.1, 0.15) is 6.42 Å². The number of benzene rings is 1. The SMILES string of the molecule is Cc1ccc(-c2cccc(C(=O)CC(=O)O)c2)c(C)n1. The molecule has 0 saturated heterocycles. The van der Waals surface area contributed by atoms with Crippen molar-refractivity contribution in [3.8, 4) is 11.1 Å². The zero-order chi connectivity index (χ0) is 14.7. The molecule has 0 fully saturated rings. The molecule has 4 heteroatoms. The highest BCUT2D eigenvalue weighted by Gasteiger charge is 2.12. The molecule has 0 aliphatic heterocycles. The van der Waals surface area contributed by atoms with Gasteiger partial charge in [0.05, 0.1) is 0 Å². The Labute approximate surface area is 117 Å². The second-order valence-electron chi connectivity index (χ2n) is 4.66. The minimum Gasteiger partial charge on any atom is -0.481 e. The lowest BCUT2D eigenvalue weighted by Gasteiger charge is -2.08. The first-order valence-corrected chi connectivity index (χ1v) is 6.27. The predicted octanol–water partition coefficient (Wildman–Crippen LogP) is 3.02. The summed E-state index contributed by atoms with van der Waals surface area (Å²) in [4.78, 5) is 26.8. The van der Waals surface area contributed by atoms with Crippen LogP contribution < -0.4 is 0 Å². The van der Waals surface area contributed by atoms with E-state index in [4.69, 9.17) is 5.11 Å². The Kier molecular flexibility index (Phi) is 3.94. The summed E-state index contributed by atoms with van der Waals surface area (Å²) in [5.74, 6) is -1.51. The Hall–Kier alpha value is -2.49. The molecule has 0 bridgehead atoms. The molecule has 2 aromatic rings. The van der Waals surface area contributed by atoms with Crippen molar-refractivity contribution >= 4 is 11.8 Å². The number of rotatable bonds is 4. The van der Waals surface area contributed by atoms with Crippen LogP contribution in [0.3, 0.4) is 0 Å². The van der Waals surface area contributed by atoms with Gasteiger partial charge in [-0.15, -0.1) is 0 Å². The molecule has 0 atom stereocenters. The lowest BCUT2D eigenvalue weighted by Crippen LogP contribution is -2.07. The maximum atomic E-state index is 11.8. The van der Waals surface area contributed by atoms with Crippen LogP contribution in [-0.4, -0.2) is 21.8 Å². The topological polar surface area (TPSA) is 67.3 Å². The molecule has 1 aromatic heterocycles. The number of hydrogen-bond donors (Lipinski definition) is 1. The highest BCUT2D eigenvalue weighted by Crippen LogP contribution is 2.23. The van der Waals surface area contributed by atoms with E-state index in [1.54, 1.807) is 18.2 Å². The van der Waals surface area contributed by atoms with Crippen LogP contribution in [0.5, 0.6) is 0 Å². The molecule has 4 nitrogen and oxygen atoms in total. The van der Waals surface area contributed by atoms with Gasteiger partial charge in [-0.25, -0.2) is 0 Å². The smallest absolute Gasteiger partial charge is 0.311 e. The van der Waals surface area contributed by atoms with Crippen LogP contribution in [0.4, 0.5) is 0 Å². The summed E-state index contributed by atoms with van der Waals surface area (Å²) >= 11 is 0. The van der Waals surface area contributed by atoms with Crippen LogP contribution in [0.15, 0.2) is 36.4 Å². The van der Waals surface area contributed by atoms with E-state index in [9.17, 15) is 9.59 Å². The summed E-state index contributed by atoms with van der Waals surface area (Å²) in [5.41, 5.74) is 4.04. The van der Waals surface area contributed by atoms with Crippen molar-refractivity contribution in [1.82, 2.24) is 4.98 Å². The van der Waals surface area contributed by atoms with Crippen molar-refractivity contribution in [1.29, 1.82) is 0 Å². The highest BCUT2D eigenvalue weighted by molar-refractivity contribution is 6.06. The van der Waals surface area contributed by atoms with Gasteiger partial charge in [-0.3, -0.25) is 14.6 Å². The van der Waals surface area contributed by atoms with Gasteiger partial charge in [-0.05, 0) is 31.5 Å². The molecular weight excluding hydrogens is 254 g/mol. The minimum atomic E-state index is -1.12. The second kappa shape index (κ2) is 5.65. The monoisotopic (exact) mass is 269 g/mol. The molecule has 0 aliphatic rings. The van der Waals surface area contributed by atoms with Gasteiger partial charge in [0.15, 0.2) is 5.78 Å². The number of carbonyl (C=O) groups is 2. The maximum absolute atomic E-state index is 11.8. The van der Waals surface area contributed by atoms with E-state index >= 15 is 0 Å². The zero-order valence-corrected chi connectivity index (χ0v) is 11.4. The molecular formula is C16H15NO3. The lowest BCUT2D eigenvalue weighted by molar-refractivity contribution is -0.135. The Balaban J connectivity index is 2.39. The average Bonchev–Trinajstić information content (AvgIpc) is 2.38. The van der Waals surface area contributed by atoms with Gasteiger partial charge < -0.3 is 5.11 Å². The molecule has 0 radical (unpaired) electrons. The van der Waals surface area contributed by atoms with E-state index in [2.05, 4.69) is 4.98 Å². The minimum absolute atomic E-state index is 0.392. The molecule has 0 saturated carbocycles. The third-order valence-corrected chi connectivity index (χ3v) is 3.03. The summed E-state index contributed by atoms with van der Waals surface area (Å²) in [6.45, 7) is 3.83. The number of aryl methyl sites for hydroxylation is 2. The summed E-state index contributed by atoms with van der Waals surface area (Å²) in [5, 5.41) is 8.68. The largest absolute Gasteiger partial charge is 0.481 e. The van der Waals surface area contributed by atoms with E-state index in [1.807, 2.05) is 32.0 Å². The van der Waals surface area contributed by atoms with Crippen LogP contribution >= 0.6 is 0 Å². The number of aliphatic carboxylic acids is 1. The van der Waals surface area contributed by atoms with E-state index in [0.717, 1.165) is 22.5 Å². The second-order valence-corrected chi connectivity index (χ2v) is 4.66. The Morgan fingerprint density at radius 2 is 1.90 bits per heavy atom. The van der Waals surface area contributed by atoms with Crippen LogP contribution in [0.1, 0.15) is 28.2 Å². The number of carboxylic acid groups (broad SMARTS) is 1. The van der Waals surface area contributed by atoms with Crippen molar-refractivity contribution in [2.45, 2.75) is 20.3 Å². The van der Waals surface area contributed by atoms with Crippen LogP contribution in [0, 0.1) is 13.8 Å². The normalized spacial score (nSPS) is 10.3. The van der Waals surface area contributed by atoms with Gasteiger partial charge in [0, 0.05) is 22.5 Å². The molecule has 0 unspecified atom stereocenters. The molecule has 0 aliphatic carbocycles. The molecule has 102 valence electrons. The zero-order valence-electron chi connectivity index (χ0n) is 11.4. The molecule has 1 aromatic carbocycles. The first kappa shape index (κ1) is 13.9. The quantitative estimate of drug-likeness (QED) is 0.684. The number of carbonyl (C=O) groups excluding carboxylic acids is 1. The molecule has 20 heavy (non-hydrogen) atoms. The summed E-state index contributed by atoms with van der Waals surface area (Å²) in [7, 11) is 0. The van der Waals surface area contributed by atoms with Crippen molar-refractivity contribution in [2.24, 2.45) is 0 Å². The third-order valence-electron chi connectivity index (χ3n) is 3.03. The van der Waals surface area contributed by atoms with E-state index < -0.39 is 18.2 Å².